The predicted molar refractivity (Wildman–Crippen MR) is 138 cm³/mol. The zero-order chi connectivity index (χ0) is 24.4. The number of H-pyrrole nitrogens is 1. The summed E-state index contributed by atoms with van der Waals surface area (Å²) in [6.07, 6.45) is 1.79. The molecule has 0 radical (unpaired) electrons. The molecule has 0 saturated heterocycles. The van der Waals surface area contributed by atoms with Gasteiger partial charge in [-0.3, -0.25) is 5.10 Å². The van der Waals surface area contributed by atoms with Gasteiger partial charge in [-0.2, -0.15) is 5.10 Å². The van der Waals surface area contributed by atoms with Crippen molar-refractivity contribution in [3.63, 3.8) is 0 Å². The fraction of sp³-hybridized carbons (Fsp3) is 0.179. The van der Waals surface area contributed by atoms with Crippen LogP contribution in [0.5, 0.6) is 0 Å². The highest BCUT2D eigenvalue weighted by Crippen LogP contribution is 2.33. The minimum Gasteiger partial charge on any atom is -0.436 e. The highest BCUT2D eigenvalue weighted by molar-refractivity contribution is 5.90. The van der Waals surface area contributed by atoms with Crippen molar-refractivity contribution in [3.8, 4) is 22.7 Å². The summed E-state index contributed by atoms with van der Waals surface area (Å²) in [5, 5.41) is 13.1. The van der Waals surface area contributed by atoms with Gasteiger partial charge in [0.05, 0.1) is 5.56 Å². The smallest absolute Gasteiger partial charge is 0.319 e. The van der Waals surface area contributed by atoms with Gasteiger partial charge in [0.25, 0.3) is 0 Å². The Hall–Kier alpha value is -4.39. The van der Waals surface area contributed by atoms with Crippen LogP contribution < -0.4 is 10.6 Å². The van der Waals surface area contributed by atoms with Crippen molar-refractivity contribution in [3.05, 3.63) is 90.1 Å². The van der Waals surface area contributed by atoms with Crippen molar-refractivity contribution in [2.45, 2.75) is 32.7 Å². The zero-order valence-electron chi connectivity index (χ0n) is 19.9. The number of hydrogen-bond acceptors (Lipinski definition) is 4. The second-order valence-electron chi connectivity index (χ2n) is 9.47. The lowest BCUT2D eigenvalue weighted by Crippen LogP contribution is -2.28. The van der Waals surface area contributed by atoms with E-state index in [-0.39, 0.29) is 11.4 Å². The zero-order valence-corrected chi connectivity index (χ0v) is 19.9. The second kappa shape index (κ2) is 9.10. The topological polar surface area (TPSA) is 95.8 Å². The number of fused-ring (bicyclic) bond motifs is 1. The first kappa shape index (κ1) is 22.4. The second-order valence-corrected chi connectivity index (χ2v) is 9.47. The molecule has 0 aliphatic carbocycles. The maximum absolute atomic E-state index is 12.2. The molecule has 0 spiro atoms. The maximum atomic E-state index is 12.2. The number of oxazole rings is 1. The van der Waals surface area contributed by atoms with Gasteiger partial charge in [0.1, 0.15) is 11.2 Å². The van der Waals surface area contributed by atoms with E-state index in [1.807, 2.05) is 60.7 Å². The van der Waals surface area contributed by atoms with E-state index in [1.54, 1.807) is 6.20 Å². The molecule has 0 aliphatic heterocycles. The number of nitrogens with one attached hydrogen (secondary N) is 3. The summed E-state index contributed by atoms with van der Waals surface area (Å²) in [7, 11) is 0. The highest BCUT2D eigenvalue weighted by Gasteiger charge is 2.19. The van der Waals surface area contributed by atoms with Crippen LogP contribution in [0.15, 0.2) is 83.4 Å². The summed E-state index contributed by atoms with van der Waals surface area (Å²) >= 11 is 0. The first-order valence-electron chi connectivity index (χ1n) is 11.5. The summed E-state index contributed by atoms with van der Waals surface area (Å²) in [5.74, 6) is 0.511. The molecule has 35 heavy (non-hydrogen) atoms. The lowest BCUT2D eigenvalue weighted by atomic mass is 9.87. The number of benzene rings is 3. The van der Waals surface area contributed by atoms with Crippen LogP contribution in [0.25, 0.3) is 33.8 Å². The molecule has 3 aromatic carbocycles. The molecule has 5 rings (SSSR count). The Morgan fingerprint density at radius 3 is 2.51 bits per heavy atom. The van der Waals surface area contributed by atoms with Crippen LogP contribution >= 0.6 is 0 Å². The van der Waals surface area contributed by atoms with E-state index in [1.165, 1.54) is 5.56 Å². The van der Waals surface area contributed by atoms with Gasteiger partial charge >= 0.3 is 6.03 Å². The van der Waals surface area contributed by atoms with Crippen molar-refractivity contribution < 1.29 is 9.21 Å². The molecule has 5 aromatic rings. The van der Waals surface area contributed by atoms with E-state index < -0.39 is 0 Å². The monoisotopic (exact) mass is 465 g/mol. The van der Waals surface area contributed by atoms with Gasteiger partial charge in [0.2, 0.25) is 5.89 Å². The summed E-state index contributed by atoms with van der Waals surface area (Å²) in [6, 6.07) is 23.1. The number of rotatable bonds is 5. The number of aromatic amines is 1. The lowest BCUT2D eigenvalue weighted by molar-refractivity contribution is 0.251. The normalized spacial score (nSPS) is 11.5. The van der Waals surface area contributed by atoms with Gasteiger partial charge in [0, 0.05) is 24.0 Å². The SMILES string of the molecule is CC(C)(C)c1ccc2oc(-c3c[nH]nc3-c3ccc(NC(=O)NCc4ccccc4)cc3)nc2c1. The van der Waals surface area contributed by atoms with E-state index in [9.17, 15) is 4.79 Å². The van der Waals surface area contributed by atoms with Gasteiger partial charge < -0.3 is 15.1 Å². The van der Waals surface area contributed by atoms with Gasteiger partial charge in [-0.1, -0.05) is 69.3 Å². The largest absolute Gasteiger partial charge is 0.436 e. The minimum absolute atomic E-state index is 0.0301. The van der Waals surface area contributed by atoms with Crippen LogP contribution in [0.1, 0.15) is 31.9 Å². The molecule has 7 nitrogen and oxygen atoms in total. The third-order valence-corrected chi connectivity index (χ3v) is 5.84. The Bertz CT molecular complexity index is 1460. The van der Waals surface area contributed by atoms with Gasteiger partial charge in [0.15, 0.2) is 5.58 Å². The number of amides is 2. The summed E-state index contributed by atoms with van der Waals surface area (Å²) in [5.41, 5.74) is 6.91. The van der Waals surface area contributed by atoms with Crippen molar-refractivity contribution in [2.75, 3.05) is 5.32 Å². The number of aromatic nitrogens is 3. The molecule has 2 heterocycles. The summed E-state index contributed by atoms with van der Waals surface area (Å²) in [6.45, 7) is 6.99. The minimum atomic E-state index is -0.261. The lowest BCUT2D eigenvalue weighted by Gasteiger charge is -2.18. The fourth-order valence-corrected chi connectivity index (χ4v) is 3.85. The average molecular weight is 466 g/mol. The van der Waals surface area contributed by atoms with Crippen molar-refractivity contribution in [1.29, 1.82) is 0 Å². The molecule has 0 bridgehead atoms. The van der Waals surface area contributed by atoms with Crippen molar-refractivity contribution >= 4 is 22.8 Å². The molecule has 0 aliphatic rings. The molecule has 0 unspecified atom stereocenters. The highest BCUT2D eigenvalue weighted by atomic mass is 16.3. The van der Waals surface area contributed by atoms with E-state index in [0.717, 1.165) is 33.5 Å². The Morgan fingerprint density at radius 2 is 1.77 bits per heavy atom. The van der Waals surface area contributed by atoms with Crippen LogP contribution in [0.3, 0.4) is 0 Å². The molecule has 176 valence electrons. The Morgan fingerprint density at radius 1 is 1.00 bits per heavy atom. The molecule has 2 aromatic heterocycles. The van der Waals surface area contributed by atoms with Crippen LogP contribution in [0.2, 0.25) is 0 Å². The Labute approximate surface area is 203 Å². The van der Waals surface area contributed by atoms with E-state index in [4.69, 9.17) is 9.40 Å². The number of carbonyl (C=O) groups excluding carboxylic acids is 1. The van der Waals surface area contributed by atoms with Gasteiger partial charge in [-0.25, -0.2) is 9.78 Å². The van der Waals surface area contributed by atoms with Gasteiger partial charge in [-0.15, -0.1) is 0 Å². The molecule has 0 saturated carbocycles. The Balaban J connectivity index is 1.31. The van der Waals surface area contributed by atoms with Crippen LogP contribution in [-0.2, 0) is 12.0 Å². The Kier molecular flexibility index (Phi) is 5.82. The molecule has 7 heteroatoms. The standard InChI is InChI=1S/C28H27N5O2/c1-28(2,3)20-11-14-24-23(15-20)32-26(35-24)22-17-30-33-25(22)19-9-12-21(13-10-19)31-27(34)29-16-18-7-5-4-6-8-18/h4-15,17H,16H2,1-3H3,(H,30,33)(H2,29,31,34). The third kappa shape index (κ3) is 4.94. The molecular weight excluding hydrogens is 438 g/mol. The van der Waals surface area contributed by atoms with Crippen molar-refractivity contribution in [2.24, 2.45) is 0 Å². The number of carbonyl (C=O) groups is 1. The number of nitrogens with zero attached hydrogens (tertiary/aromatic N) is 2. The van der Waals surface area contributed by atoms with Crippen LogP contribution in [0.4, 0.5) is 10.5 Å². The molecule has 2 amide bonds. The summed E-state index contributed by atoms with van der Waals surface area (Å²) in [4.78, 5) is 17.0. The van der Waals surface area contributed by atoms with Crippen molar-refractivity contribution in [1.82, 2.24) is 20.5 Å². The molecule has 3 N–H and O–H groups in total. The third-order valence-electron chi connectivity index (χ3n) is 5.84. The first-order chi connectivity index (χ1) is 16.9. The average Bonchev–Trinajstić information content (AvgIpc) is 3.50. The molecule has 0 atom stereocenters. The van der Waals surface area contributed by atoms with E-state index >= 15 is 0 Å². The van der Waals surface area contributed by atoms with Crippen LogP contribution in [-0.4, -0.2) is 21.2 Å². The number of urea groups is 1. The quantitative estimate of drug-likeness (QED) is 0.276. The fourth-order valence-electron chi connectivity index (χ4n) is 3.85. The predicted octanol–water partition coefficient (Wildman–Crippen LogP) is 6.50. The summed E-state index contributed by atoms with van der Waals surface area (Å²) < 4.78 is 6.05. The number of hydrogen-bond donors (Lipinski definition) is 3. The molecular formula is C28H27N5O2. The van der Waals surface area contributed by atoms with Gasteiger partial charge in [-0.05, 0) is 40.8 Å². The van der Waals surface area contributed by atoms with E-state index in [2.05, 4.69) is 53.7 Å². The van der Waals surface area contributed by atoms with Crippen LogP contribution in [0, 0.1) is 0 Å². The first-order valence-corrected chi connectivity index (χ1v) is 11.5. The number of anilines is 1. The maximum Gasteiger partial charge on any atom is 0.319 e. The van der Waals surface area contributed by atoms with E-state index in [0.29, 0.717) is 18.1 Å². The molecule has 0 fully saturated rings.